The van der Waals surface area contributed by atoms with E-state index in [-0.39, 0.29) is 16.7 Å². The summed E-state index contributed by atoms with van der Waals surface area (Å²) in [5.74, 6) is 0.772. The van der Waals surface area contributed by atoms with Gasteiger partial charge in [0.1, 0.15) is 5.75 Å². The lowest BCUT2D eigenvalue weighted by molar-refractivity contribution is -0.0328. The molecule has 1 N–H and O–H groups in total. The lowest BCUT2D eigenvalue weighted by atomic mass is 10.2. The molecule has 2 rings (SSSR count). The number of nitrogens with one attached hydrogen (secondary N) is 1. The van der Waals surface area contributed by atoms with Crippen LogP contribution in [0.15, 0.2) is 53.4 Å². The molecule has 0 fully saturated rings. The van der Waals surface area contributed by atoms with Crippen molar-refractivity contribution in [3.05, 3.63) is 54.1 Å². The van der Waals surface area contributed by atoms with E-state index in [2.05, 4.69) is 5.32 Å². The van der Waals surface area contributed by atoms with Crippen LogP contribution in [-0.2, 0) is 6.54 Å². The molecule has 0 amide bonds. The molecule has 0 atom stereocenters. The van der Waals surface area contributed by atoms with E-state index in [9.17, 15) is 13.2 Å². The molecule has 6 heteroatoms. The molecule has 0 unspecified atom stereocenters. The third-order valence-electron chi connectivity index (χ3n) is 2.74. The van der Waals surface area contributed by atoms with E-state index < -0.39 is 5.51 Å². The van der Waals surface area contributed by atoms with E-state index in [4.69, 9.17) is 4.74 Å². The topological polar surface area (TPSA) is 21.3 Å². The van der Waals surface area contributed by atoms with Crippen LogP contribution >= 0.6 is 11.8 Å². The minimum Gasteiger partial charge on any atom is -0.497 e. The van der Waals surface area contributed by atoms with Crippen LogP contribution in [0.1, 0.15) is 5.56 Å². The van der Waals surface area contributed by atoms with Gasteiger partial charge in [0.05, 0.1) is 7.11 Å². The van der Waals surface area contributed by atoms with Crippen molar-refractivity contribution in [2.24, 2.45) is 0 Å². The van der Waals surface area contributed by atoms with Gasteiger partial charge in [-0.25, -0.2) is 0 Å². The zero-order chi connectivity index (χ0) is 15.3. The second kappa shape index (κ2) is 6.76. The molecule has 112 valence electrons. The van der Waals surface area contributed by atoms with Crippen molar-refractivity contribution in [3.63, 3.8) is 0 Å². The molecule has 0 saturated carbocycles. The van der Waals surface area contributed by atoms with E-state index in [1.165, 1.54) is 12.1 Å². The molecule has 0 aliphatic heterocycles. The SMILES string of the molecule is COc1ccc(NCc2ccc(SC(F)(F)F)cc2)cc1. The molecule has 0 aromatic heterocycles. The first-order chi connectivity index (χ1) is 9.96. The number of thioether (sulfide) groups is 1. The second-order valence-corrected chi connectivity index (χ2v) is 5.41. The maximum Gasteiger partial charge on any atom is 0.446 e. The highest BCUT2D eigenvalue weighted by Gasteiger charge is 2.28. The number of rotatable bonds is 5. The highest BCUT2D eigenvalue weighted by molar-refractivity contribution is 8.00. The Labute approximate surface area is 125 Å². The van der Waals surface area contributed by atoms with Gasteiger partial charge in [-0.2, -0.15) is 13.2 Å². The summed E-state index contributed by atoms with van der Waals surface area (Å²) in [6.45, 7) is 0.545. The minimum absolute atomic E-state index is 0.106. The van der Waals surface area contributed by atoms with Crippen molar-refractivity contribution < 1.29 is 17.9 Å². The highest BCUT2D eigenvalue weighted by Crippen LogP contribution is 2.36. The van der Waals surface area contributed by atoms with Gasteiger partial charge in [-0.1, -0.05) is 12.1 Å². The van der Waals surface area contributed by atoms with Crippen LogP contribution in [0.4, 0.5) is 18.9 Å². The third-order valence-corrected chi connectivity index (χ3v) is 3.48. The summed E-state index contributed by atoms with van der Waals surface area (Å²) in [5, 5.41) is 3.20. The van der Waals surface area contributed by atoms with E-state index in [1.54, 1.807) is 19.2 Å². The zero-order valence-electron chi connectivity index (χ0n) is 11.3. The molecule has 0 saturated heterocycles. The Morgan fingerprint density at radius 2 is 1.62 bits per heavy atom. The number of halogens is 3. The van der Waals surface area contributed by atoms with Gasteiger partial charge in [0.2, 0.25) is 0 Å². The van der Waals surface area contributed by atoms with Gasteiger partial charge in [-0.3, -0.25) is 0 Å². The fourth-order valence-corrected chi connectivity index (χ4v) is 2.26. The summed E-state index contributed by atoms with van der Waals surface area (Å²) in [6, 6.07) is 13.8. The molecule has 0 aliphatic carbocycles. The standard InChI is InChI=1S/C15H14F3NOS/c1-20-13-6-4-12(5-7-13)19-10-11-2-8-14(9-3-11)21-15(16,17)18/h2-9,19H,10H2,1H3. The summed E-state index contributed by atoms with van der Waals surface area (Å²) in [4.78, 5) is 0.190. The van der Waals surface area contributed by atoms with Gasteiger partial charge in [-0.15, -0.1) is 0 Å². The first-order valence-electron chi connectivity index (χ1n) is 6.19. The fourth-order valence-electron chi connectivity index (χ4n) is 1.72. The Kier molecular flexibility index (Phi) is 5.01. The van der Waals surface area contributed by atoms with Gasteiger partial charge in [0.15, 0.2) is 0 Å². The zero-order valence-corrected chi connectivity index (χ0v) is 12.1. The van der Waals surface area contributed by atoms with E-state index in [0.29, 0.717) is 6.54 Å². The van der Waals surface area contributed by atoms with Crippen molar-refractivity contribution in [2.75, 3.05) is 12.4 Å². The van der Waals surface area contributed by atoms with Crippen molar-refractivity contribution in [1.82, 2.24) is 0 Å². The number of hydrogen-bond acceptors (Lipinski definition) is 3. The first kappa shape index (κ1) is 15.6. The Bertz CT molecular complexity index is 567. The quantitative estimate of drug-likeness (QED) is 0.792. The summed E-state index contributed by atoms with van der Waals surface area (Å²) in [5.41, 5.74) is -2.41. The smallest absolute Gasteiger partial charge is 0.446 e. The predicted molar refractivity (Wildman–Crippen MR) is 78.7 cm³/mol. The minimum atomic E-state index is -4.25. The number of hydrogen-bond donors (Lipinski definition) is 1. The maximum atomic E-state index is 12.2. The largest absolute Gasteiger partial charge is 0.497 e. The molecular weight excluding hydrogens is 299 g/mol. The number of ether oxygens (including phenoxy) is 1. The van der Waals surface area contributed by atoms with Crippen LogP contribution in [0, 0.1) is 0 Å². The van der Waals surface area contributed by atoms with Crippen LogP contribution in [0.3, 0.4) is 0 Å². The lowest BCUT2D eigenvalue weighted by Gasteiger charge is -2.09. The number of alkyl halides is 3. The van der Waals surface area contributed by atoms with E-state index >= 15 is 0 Å². The van der Waals surface area contributed by atoms with Crippen molar-refractivity contribution >= 4 is 17.4 Å². The Morgan fingerprint density at radius 1 is 1.00 bits per heavy atom. The molecule has 0 heterocycles. The average Bonchev–Trinajstić information content (AvgIpc) is 2.45. The second-order valence-electron chi connectivity index (χ2n) is 4.27. The van der Waals surface area contributed by atoms with Crippen LogP contribution in [0.5, 0.6) is 5.75 Å². The molecule has 0 spiro atoms. The molecule has 0 bridgehead atoms. The van der Waals surface area contributed by atoms with Crippen molar-refractivity contribution in [2.45, 2.75) is 16.9 Å². The Hall–Kier alpha value is -1.82. The molecule has 0 aliphatic rings. The van der Waals surface area contributed by atoms with Crippen LogP contribution in [0.2, 0.25) is 0 Å². The Morgan fingerprint density at radius 3 is 2.14 bits per heavy atom. The third kappa shape index (κ3) is 5.23. The number of anilines is 1. The van der Waals surface area contributed by atoms with Crippen LogP contribution < -0.4 is 10.1 Å². The van der Waals surface area contributed by atoms with Crippen LogP contribution in [-0.4, -0.2) is 12.6 Å². The lowest BCUT2D eigenvalue weighted by Crippen LogP contribution is -2.00. The Balaban J connectivity index is 1.91. The summed E-state index contributed by atoms with van der Waals surface area (Å²) >= 11 is -0.106. The van der Waals surface area contributed by atoms with Crippen LogP contribution in [0.25, 0.3) is 0 Å². The number of methoxy groups -OCH3 is 1. The van der Waals surface area contributed by atoms with Gasteiger partial charge >= 0.3 is 5.51 Å². The maximum absolute atomic E-state index is 12.2. The van der Waals surface area contributed by atoms with Gasteiger partial charge in [-0.05, 0) is 53.7 Å². The first-order valence-corrected chi connectivity index (χ1v) is 7.00. The van der Waals surface area contributed by atoms with E-state index in [0.717, 1.165) is 17.0 Å². The van der Waals surface area contributed by atoms with Gasteiger partial charge in [0.25, 0.3) is 0 Å². The normalized spacial score (nSPS) is 11.2. The fraction of sp³-hybridized carbons (Fsp3) is 0.200. The molecule has 0 radical (unpaired) electrons. The number of benzene rings is 2. The molecular formula is C15H14F3NOS. The highest BCUT2D eigenvalue weighted by atomic mass is 32.2. The van der Waals surface area contributed by atoms with Crippen molar-refractivity contribution in [3.8, 4) is 5.75 Å². The van der Waals surface area contributed by atoms with Gasteiger partial charge < -0.3 is 10.1 Å². The summed E-state index contributed by atoms with van der Waals surface area (Å²) in [7, 11) is 1.60. The molecule has 2 nitrogen and oxygen atoms in total. The van der Waals surface area contributed by atoms with Gasteiger partial charge in [0, 0.05) is 17.1 Å². The molecule has 2 aromatic carbocycles. The van der Waals surface area contributed by atoms with Crippen molar-refractivity contribution in [1.29, 1.82) is 0 Å². The summed E-state index contributed by atoms with van der Waals surface area (Å²) in [6.07, 6.45) is 0. The monoisotopic (exact) mass is 313 g/mol. The van der Waals surface area contributed by atoms with E-state index in [1.807, 2.05) is 24.3 Å². The molecule has 21 heavy (non-hydrogen) atoms. The predicted octanol–water partition coefficient (Wildman–Crippen LogP) is 4.92. The average molecular weight is 313 g/mol. The summed E-state index contributed by atoms with van der Waals surface area (Å²) < 4.78 is 41.7. The molecule has 2 aromatic rings.